The molecular weight excluding hydrogens is 316 g/mol. The lowest BCUT2D eigenvalue weighted by Gasteiger charge is -2.35. The number of aromatic nitrogens is 1. The van der Waals surface area contributed by atoms with Crippen molar-refractivity contribution in [3.05, 3.63) is 29.0 Å². The van der Waals surface area contributed by atoms with Gasteiger partial charge in [0, 0.05) is 11.9 Å². The normalized spacial score (nSPS) is 21.4. The van der Waals surface area contributed by atoms with Gasteiger partial charge in [-0.15, -0.1) is 11.3 Å². The molecule has 2 aromatic rings. The number of carbonyl (C=O) groups excluding carboxylic acids is 1. The molecule has 0 spiro atoms. The molecule has 1 fully saturated rings. The van der Waals surface area contributed by atoms with Crippen molar-refractivity contribution in [2.24, 2.45) is 5.92 Å². The number of amides is 1. The number of likely N-dealkylation sites (tertiary alicyclic amines) is 1. The van der Waals surface area contributed by atoms with Gasteiger partial charge in [0.15, 0.2) is 10.8 Å². The van der Waals surface area contributed by atoms with E-state index in [-0.39, 0.29) is 11.6 Å². The number of carboxylic acids is 1. The number of hydrogen-bond acceptors (Lipinski definition) is 5. The second kappa shape index (κ2) is 6.16. The maximum atomic E-state index is 12.6. The third-order valence-electron chi connectivity index (χ3n) is 4.09. The van der Waals surface area contributed by atoms with Gasteiger partial charge in [0.2, 0.25) is 0 Å². The van der Waals surface area contributed by atoms with E-state index in [0.717, 1.165) is 12.2 Å². The van der Waals surface area contributed by atoms with Gasteiger partial charge >= 0.3 is 5.97 Å². The van der Waals surface area contributed by atoms with Crippen LogP contribution in [0, 0.1) is 12.8 Å². The molecule has 1 aliphatic heterocycles. The fraction of sp³-hybridized carbons (Fsp3) is 0.438. The first-order valence-electron chi connectivity index (χ1n) is 7.52. The summed E-state index contributed by atoms with van der Waals surface area (Å²) in [5.74, 6) is 0.418. The third kappa shape index (κ3) is 3.14. The molecule has 0 aliphatic carbocycles. The second-order valence-corrected chi connectivity index (χ2v) is 6.79. The van der Waals surface area contributed by atoms with Crippen LogP contribution in [0.5, 0.6) is 0 Å². The summed E-state index contributed by atoms with van der Waals surface area (Å²) < 4.78 is 5.51. The summed E-state index contributed by atoms with van der Waals surface area (Å²) in [5.41, 5.74) is 0.278. The summed E-state index contributed by atoms with van der Waals surface area (Å²) in [4.78, 5) is 29.8. The van der Waals surface area contributed by atoms with Crippen molar-refractivity contribution in [2.75, 3.05) is 6.54 Å². The molecule has 1 saturated heterocycles. The van der Waals surface area contributed by atoms with E-state index in [9.17, 15) is 14.7 Å². The zero-order valence-corrected chi connectivity index (χ0v) is 13.8. The van der Waals surface area contributed by atoms with Crippen molar-refractivity contribution in [3.63, 3.8) is 0 Å². The van der Waals surface area contributed by atoms with E-state index in [1.807, 2.05) is 26.0 Å². The van der Waals surface area contributed by atoms with Gasteiger partial charge in [-0.2, -0.15) is 0 Å². The van der Waals surface area contributed by atoms with Crippen molar-refractivity contribution in [3.8, 4) is 10.8 Å². The number of thiazole rings is 1. The largest absolute Gasteiger partial charge is 0.480 e. The molecule has 7 heteroatoms. The van der Waals surface area contributed by atoms with Crippen LogP contribution in [-0.4, -0.2) is 39.5 Å². The molecule has 2 aromatic heterocycles. The fourth-order valence-electron chi connectivity index (χ4n) is 2.80. The van der Waals surface area contributed by atoms with E-state index in [4.69, 9.17) is 4.42 Å². The summed E-state index contributed by atoms with van der Waals surface area (Å²) in [6, 6.07) is 2.87. The molecule has 3 heterocycles. The molecule has 0 saturated carbocycles. The minimum atomic E-state index is -0.956. The molecule has 2 atom stereocenters. The lowest BCUT2D eigenvalue weighted by atomic mass is 9.92. The molecular formula is C16H18N2O4S. The molecule has 23 heavy (non-hydrogen) atoms. The van der Waals surface area contributed by atoms with Crippen LogP contribution in [0.1, 0.15) is 36.0 Å². The predicted molar refractivity (Wildman–Crippen MR) is 85.4 cm³/mol. The molecule has 1 amide bonds. The van der Waals surface area contributed by atoms with E-state index >= 15 is 0 Å². The number of furan rings is 1. The van der Waals surface area contributed by atoms with Crippen LogP contribution in [-0.2, 0) is 4.79 Å². The highest BCUT2D eigenvalue weighted by Gasteiger charge is 2.36. The second-order valence-electron chi connectivity index (χ2n) is 5.93. The zero-order chi connectivity index (χ0) is 16.6. The molecule has 3 rings (SSSR count). The van der Waals surface area contributed by atoms with Crippen LogP contribution < -0.4 is 0 Å². The lowest BCUT2D eigenvalue weighted by molar-refractivity contribution is -0.144. The number of carbonyl (C=O) groups is 2. The summed E-state index contributed by atoms with van der Waals surface area (Å²) in [6.45, 7) is 4.30. The summed E-state index contributed by atoms with van der Waals surface area (Å²) in [5, 5.41) is 11.7. The molecule has 0 radical (unpaired) electrons. The van der Waals surface area contributed by atoms with Crippen molar-refractivity contribution < 1.29 is 19.1 Å². The predicted octanol–water partition coefficient (Wildman–Crippen LogP) is 3.04. The summed E-state index contributed by atoms with van der Waals surface area (Å²) in [7, 11) is 0. The van der Waals surface area contributed by atoms with E-state index in [1.165, 1.54) is 16.2 Å². The average Bonchev–Trinajstić information content (AvgIpc) is 3.15. The highest BCUT2D eigenvalue weighted by Crippen LogP contribution is 2.28. The lowest BCUT2D eigenvalue weighted by Crippen LogP contribution is -2.49. The number of carboxylic acid groups (broad SMARTS) is 1. The maximum Gasteiger partial charge on any atom is 0.326 e. The van der Waals surface area contributed by atoms with Gasteiger partial charge in [-0.05, 0) is 37.8 Å². The summed E-state index contributed by atoms with van der Waals surface area (Å²) in [6.07, 6.45) is 1.29. The van der Waals surface area contributed by atoms with Crippen LogP contribution in [0.4, 0.5) is 0 Å². The quantitative estimate of drug-likeness (QED) is 0.933. The van der Waals surface area contributed by atoms with Gasteiger partial charge in [0.05, 0.1) is 0 Å². The van der Waals surface area contributed by atoms with Crippen LogP contribution in [0.15, 0.2) is 21.9 Å². The Kier molecular flexibility index (Phi) is 4.21. The van der Waals surface area contributed by atoms with Gasteiger partial charge in [-0.1, -0.05) is 6.92 Å². The van der Waals surface area contributed by atoms with Crippen LogP contribution in [0.25, 0.3) is 10.8 Å². The van der Waals surface area contributed by atoms with E-state index < -0.39 is 12.0 Å². The van der Waals surface area contributed by atoms with Crippen molar-refractivity contribution in [2.45, 2.75) is 32.7 Å². The zero-order valence-electron chi connectivity index (χ0n) is 13.0. The Hall–Kier alpha value is -2.15. The van der Waals surface area contributed by atoms with Crippen LogP contribution in [0.3, 0.4) is 0 Å². The van der Waals surface area contributed by atoms with Crippen molar-refractivity contribution in [1.82, 2.24) is 9.88 Å². The Balaban J connectivity index is 1.82. The monoisotopic (exact) mass is 334 g/mol. The molecule has 0 bridgehead atoms. The number of piperidine rings is 1. The minimum absolute atomic E-state index is 0.278. The first-order valence-corrected chi connectivity index (χ1v) is 8.39. The van der Waals surface area contributed by atoms with Crippen LogP contribution >= 0.6 is 11.3 Å². The van der Waals surface area contributed by atoms with E-state index in [0.29, 0.717) is 29.7 Å². The number of rotatable bonds is 3. The Bertz CT molecular complexity index is 736. The minimum Gasteiger partial charge on any atom is -0.480 e. The average molecular weight is 334 g/mol. The van der Waals surface area contributed by atoms with Gasteiger partial charge in [-0.25, -0.2) is 9.78 Å². The van der Waals surface area contributed by atoms with Crippen molar-refractivity contribution in [1.29, 1.82) is 0 Å². The van der Waals surface area contributed by atoms with Gasteiger partial charge in [-0.3, -0.25) is 4.79 Å². The molecule has 1 aliphatic rings. The maximum absolute atomic E-state index is 12.6. The Labute approximate surface area is 137 Å². The van der Waals surface area contributed by atoms with E-state index in [2.05, 4.69) is 4.98 Å². The highest BCUT2D eigenvalue weighted by molar-refractivity contribution is 7.13. The topological polar surface area (TPSA) is 83.6 Å². The number of aryl methyl sites for hydroxylation is 1. The highest BCUT2D eigenvalue weighted by atomic mass is 32.1. The van der Waals surface area contributed by atoms with Gasteiger partial charge < -0.3 is 14.4 Å². The van der Waals surface area contributed by atoms with E-state index in [1.54, 1.807) is 5.38 Å². The first kappa shape index (κ1) is 15.7. The fourth-order valence-corrected chi connectivity index (χ4v) is 3.55. The number of nitrogens with zero attached hydrogens (tertiary/aromatic N) is 2. The van der Waals surface area contributed by atoms with Crippen LogP contribution in [0.2, 0.25) is 0 Å². The SMILES string of the molecule is Cc1ccc(-c2nc(C(=O)N3CCC(C)CC3C(=O)O)cs2)o1. The third-order valence-corrected chi connectivity index (χ3v) is 4.94. The molecule has 1 N–H and O–H groups in total. The number of aliphatic carboxylic acids is 1. The molecule has 0 aromatic carbocycles. The van der Waals surface area contributed by atoms with Gasteiger partial charge in [0.25, 0.3) is 5.91 Å². The Morgan fingerprint density at radius 3 is 2.87 bits per heavy atom. The van der Waals surface area contributed by atoms with Gasteiger partial charge in [0.1, 0.15) is 17.5 Å². The Morgan fingerprint density at radius 1 is 1.43 bits per heavy atom. The number of hydrogen-bond donors (Lipinski definition) is 1. The summed E-state index contributed by atoms with van der Waals surface area (Å²) >= 11 is 1.32. The Morgan fingerprint density at radius 2 is 2.22 bits per heavy atom. The molecule has 6 nitrogen and oxygen atoms in total. The van der Waals surface area contributed by atoms with Crippen molar-refractivity contribution >= 4 is 23.2 Å². The standard InChI is InChI=1S/C16H18N2O4S/c1-9-5-6-18(12(7-9)16(20)21)15(19)11-8-23-14(17-11)13-4-3-10(2)22-13/h3-4,8-9,12H,5-7H2,1-2H3,(H,20,21). The molecule has 2 unspecified atom stereocenters. The smallest absolute Gasteiger partial charge is 0.326 e. The molecule has 122 valence electrons. The first-order chi connectivity index (χ1) is 11.0.